The number of ether oxygens (including phenoxy) is 3. The number of carbonyl (C=O) groups is 1. The minimum absolute atomic E-state index is 0.138. The summed E-state index contributed by atoms with van der Waals surface area (Å²) in [5.74, 6) is 1.02. The Bertz CT molecular complexity index is 475. The molecule has 1 saturated heterocycles. The third-order valence-electron chi connectivity index (χ3n) is 3.03. The van der Waals surface area contributed by atoms with Gasteiger partial charge in [0.25, 0.3) is 5.91 Å². The first-order valence-electron chi connectivity index (χ1n) is 6.18. The van der Waals surface area contributed by atoms with Crippen molar-refractivity contribution in [2.45, 2.75) is 6.10 Å². The van der Waals surface area contributed by atoms with Gasteiger partial charge in [-0.1, -0.05) is 0 Å². The van der Waals surface area contributed by atoms with Gasteiger partial charge in [-0.05, 0) is 0 Å². The van der Waals surface area contributed by atoms with E-state index in [1.807, 2.05) is 0 Å². The minimum Gasteiger partial charge on any atom is -0.485 e. The van der Waals surface area contributed by atoms with E-state index in [0.29, 0.717) is 42.7 Å². The first-order chi connectivity index (χ1) is 9.25. The van der Waals surface area contributed by atoms with E-state index in [1.165, 1.54) is 11.3 Å². The van der Waals surface area contributed by atoms with Crippen LogP contribution in [0.2, 0.25) is 0 Å². The standard InChI is InChI=1S/C12H15NO5S/c14-8-5-13(1-2-16-6-8)12(15)11-10-9(7-19-11)17-3-4-18-10/h7-8,14H,1-6H2. The zero-order valence-electron chi connectivity index (χ0n) is 10.3. The summed E-state index contributed by atoms with van der Waals surface area (Å²) in [7, 11) is 0. The summed E-state index contributed by atoms with van der Waals surface area (Å²) in [5, 5.41) is 11.5. The van der Waals surface area contributed by atoms with Gasteiger partial charge in [-0.3, -0.25) is 4.79 Å². The summed E-state index contributed by atoms with van der Waals surface area (Å²) >= 11 is 1.31. The van der Waals surface area contributed by atoms with E-state index < -0.39 is 6.10 Å². The Morgan fingerprint density at radius 2 is 2.21 bits per heavy atom. The van der Waals surface area contributed by atoms with E-state index in [-0.39, 0.29) is 19.1 Å². The van der Waals surface area contributed by atoms with Crippen LogP contribution in [-0.2, 0) is 4.74 Å². The number of aliphatic hydroxyl groups excluding tert-OH is 1. The van der Waals surface area contributed by atoms with Crippen LogP contribution in [0.1, 0.15) is 9.67 Å². The van der Waals surface area contributed by atoms with Gasteiger partial charge in [-0.15, -0.1) is 11.3 Å². The van der Waals surface area contributed by atoms with Crippen molar-refractivity contribution < 1.29 is 24.1 Å². The van der Waals surface area contributed by atoms with Gasteiger partial charge >= 0.3 is 0 Å². The Hall–Kier alpha value is -1.31. The second-order valence-corrected chi connectivity index (χ2v) is 5.31. The lowest BCUT2D eigenvalue weighted by atomic mass is 10.3. The molecule has 19 heavy (non-hydrogen) atoms. The number of hydrogen-bond acceptors (Lipinski definition) is 6. The number of aliphatic hydroxyl groups is 1. The maximum absolute atomic E-state index is 12.5. The maximum Gasteiger partial charge on any atom is 0.268 e. The molecule has 3 heterocycles. The molecule has 0 bridgehead atoms. The van der Waals surface area contributed by atoms with Crippen LogP contribution in [0.4, 0.5) is 0 Å². The van der Waals surface area contributed by atoms with Crippen LogP contribution in [0.25, 0.3) is 0 Å². The molecule has 0 spiro atoms. The van der Waals surface area contributed by atoms with Gasteiger partial charge in [0.15, 0.2) is 11.5 Å². The highest BCUT2D eigenvalue weighted by Crippen LogP contribution is 2.39. The van der Waals surface area contributed by atoms with E-state index >= 15 is 0 Å². The number of β-amino-alcohol motifs (C(OH)–C–C–N with tert-alkyl or cyclic N) is 1. The lowest BCUT2D eigenvalue weighted by molar-refractivity contribution is 0.0533. The van der Waals surface area contributed by atoms with E-state index in [0.717, 1.165) is 0 Å². The number of hydrogen-bond donors (Lipinski definition) is 1. The number of rotatable bonds is 1. The zero-order chi connectivity index (χ0) is 13.2. The van der Waals surface area contributed by atoms with Crippen LogP contribution in [-0.4, -0.2) is 61.5 Å². The monoisotopic (exact) mass is 285 g/mol. The normalized spacial score (nSPS) is 23.0. The molecule has 0 aliphatic carbocycles. The SMILES string of the molecule is O=C(c1scc2c1OCCO2)N1CCOCC(O)C1. The van der Waals surface area contributed by atoms with Gasteiger partial charge in [0.2, 0.25) is 0 Å². The smallest absolute Gasteiger partial charge is 0.268 e. The van der Waals surface area contributed by atoms with Crippen molar-refractivity contribution >= 4 is 17.2 Å². The van der Waals surface area contributed by atoms with Crippen molar-refractivity contribution in [2.24, 2.45) is 0 Å². The highest BCUT2D eigenvalue weighted by Gasteiger charge is 2.29. The molecule has 0 radical (unpaired) electrons. The average Bonchev–Trinajstić information content (AvgIpc) is 2.73. The summed E-state index contributed by atoms with van der Waals surface area (Å²) in [6.07, 6.45) is -0.639. The largest absolute Gasteiger partial charge is 0.485 e. The molecular weight excluding hydrogens is 270 g/mol. The molecule has 2 aliphatic rings. The van der Waals surface area contributed by atoms with Crippen LogP contribution < -0.4 is 9.47 Å². The molecule has 3 rings (SSSR count). The molecule has 1 amide bonds. The number of amides is 1. The first kappa shape index (κ1) is 12.7. The molecule has 1 N–H and O–H groups in total. The lowest BCUT2D eigenvalue weighted by Gasteiger charge is -2.22. The van der Waals surface area contributed by atoms with E-state index in [4.69, 9.17) is 14.2 Å². The summed E-state index contributed by atoms with van der Waals surface area (Å²) in [5.41, 5.74) is 0. The second kappa shape index (κ2) is 5.36. The third-order valence-corrected chi connectivity index (χ3v) is 3.96. The summed E-state index contributed by atoms with van der Waals surface area (Å²) < 4.78 is 16.2. The molecule has 0 aromatic carbocycles. The molecule has 1 aromatic heterocycles. The van der Waals surface area contributed by atoms with Gasteiger partial charge in [0, 0.05) is 18.5 Å². The topological polar surface area (TPSA) is 68.2 Å². The molecule has 6 nitrogen and oxygen atoms in total. The fraction of sp³-hybridized carbons (Fsp3) is 0.583. The number of nitrogens with zero attached hydrogens (tertiary/aromatic N) is 1. The second-order valence-electron chi connectivity index (χ2n) is 4.44. The van der Waals surface area contributed by atoms with Crippen LogP contribution in [0.15, 0.2) is 5.38 Å². The van der Waals surface area contributed by atoms with E-state index in [9.17, 15) is 9.90 Å². The predicted octanol–water partition coefficient (Wildman–Crippen LogP) is 0.353. The van der Waals surface area contributed by atoms with Crippen LogP contribution >= 0.6 is 11.3 Å². The highest BCUT2D eigenvalue weighted by molar-refractivity contribution is 7.12. The summed E-state index contributed by atoms with van der Waals surface area (Å²) in [4.78, 5) is 14.6. The molecular formula is C12H15NO5S. The maximum atomic E-state index is 12.5. The van der Waals surface area contributed by atoms with E-state index in [2.05, 4.69) is 0 Å². The quantitative estimate of drug-likeness (QED) is 0.806. The van der Waals surface area contributed by atoms with Crippen molar-refractivity contribution in [3.8, 4) is 11.5 Å². The molecule has 1 fully saturated rings. The van der Waals surface area contributed by atoms with Crippen molar-refractivity contribution in [3.05, 3.63) is 10.3 Å². The van der Waals surface area contributed by atoms with Crippen molar-refractivity contribution in [3.63, 3.8) is 0 Å². The molecule has 7 heteroatoms. The van der Waals surface area contributed by atoms with Crippen molar-refractivity contribution in [1.82, 2.24) is 4.90 Å². The molecule has 104 valence electrons. The fourth-order valence-electron chi connectivity index (χ4n) is 2.13. The minimum atomic E-state index is -0.639. The van der Waals surface area contributed by atoms with Crippen molar-refractivity contribution in [2.75, 3.05) is 39.5 Å². The van der Waals surface area contributed by atoms with Crippen LogP contribution in [0, 0.1) is 0 Å². The van der Waals surface area contributed by atoms with Gasteiger partial charge in [-0.2, -0.15) is 0 Å². The predicted molar refractivity (Wildman–Crippen MR) is 68.0 cm³/mol. The van der Waals surface area contributed by atoms with Crippen molar-refractivity contribution in [1.29, 1.82) is 0 Å². The van der Waals surface area contributed by atoms with Crippen LogP contribution in [0.5, 0.6) is 11.5 Å². The molecule has 1 aromatic rings. The van der Waals surface area contributed by atoms with E-state index in [1.54, 1.807) is 10.3 Å². The van der Waals surface area contributed by atoms with Gasteiger partial charge in [-0.25, -0.2) is 0 Å². The summed E-state index contributed by atoms with van der Waals surface area (Å²) in [6.45, 7) is 2.43. The van der Waals surface area contributed by atoms with Gasteiger partial charge in [0.05, 0.1) is 19.3 Å². The Balaban J connectivity index is 1.81. The average molecular weight is 285 g/mol. The third kappa shape index (κ3) is 2.54. The fourth-order valence-corrected chi connectivity index (χ4v) is 3.03. The number of carbonyl (C=O) groups excluding carboxylic acids is 1. The Morgan fingerprint density at radius 3 is 3.11 bits per heavy atom. The zero-order valence-corrected chi connectivity index (χ0v) is 11.1. The van der Waals surface area contributed by atoms with Gasteiger partial charge in [0.1, 0.15) is 18.1 Å². The Kier molecular flexibility index (Phi) is 3.58. The summed E-state index contributed by atoms with van der Waals surface area (Å²) in [6, 6.07) is 0. The molecule has 2 aliphatic heterocycles. The van der Waals surface area contributed by atoms with Gasteiger partial charge < -0.3 is 24.2 Å². The van der Waals surface area contributed by atoms with Crippen LogP contribution in [0.3, 0.4) is 0 Å². The Morgan fingerprint density at radius 1 is 1.37 bits per heavy atom. The Labute approximate surface area is 114 Å². The first-order valence-corrected chi connectivity index (χ1v) is 7.06. The lowest BCUT2D eigenvalue weighted by Crippen LogP contribution is -2.37. The molecule has 1 unspecified atom stereocenters. The molecule has 0 saturated carbocycles. The number of fused-ring (bicyclic) bond motifs is 1. The highest BCUT2D eigenvalue weighted by atomic mass is 32.1. The number of thiophene rings is 1. The molecule has 1 atom stereocenters.